The van der Waals surface area contributed by atoms with Crippen molar-refractivity contribution in [3.8, 4) is 0 Å². The van der Waals surface area contributed by atoms with Crippen molar-refractivity contribution in [2.24, 2.45) is 0 Å². The van der Waals surface area contributed by atoms with E-state index in [1.165, 1.54) is 0 Å². The highest BCUT2D eigenvalue weighted by molar-refractivity contribution is 5.19. The quantitative estimate of drug-likeness (QED) is 0.520. The molecule has 57 valence electrons. The largest absolute Gasteiger partial charge is 0.486 e. The summed E-state index contributed by atoms with van der Waals surface area (Å²) in [5.41, 5.74) is 0. The second-order valence-electron chi connectivity index (χ2n) is 2.54. The molecule has 1 radical (unpaired) electrons. The van der Waals surface area contributed by atoms with Crippen molar-refractivity contribution in [1.82, 2.24) is 0 Å². The van der Waals surface area contributed by atoms with Gasteiger partial charge in [0.25, 0.3) is 0 Å². The molecule has 0 N–H and O–H groups in total. The number of hydrogen-bond donors (Lipinski definition) is 0. The molecule has 2 nitrogen and oxygen atoms in total. The molecule has 0 aromatic carbocycles. The summed E-state index contributed by atoms with van der Waals surface area (Å²) in [6.07, 6.45) is 9.42. The third kappa shape index (κ3) is 1.16. The first-order valence-electron chi connectivity index (χ1n) is 3.55. The van der Waals surface area contributed by atoms with E-state index in [0.29, 0.717) is 5.76 Å². The van der Waals surface area contributed by atoms with Crippen LogP contribution in [-0.2, 0) is 9.47 Å². The first-order chi connectivity index (χ1) is 5.36. The normalized spacial score (nSPS) is 33.4. The highest BCUT2D eigenvalue weighted by Crippen LogP contribution is 2.20. The lowest BCUT2D eigenvalue weighted by Crippen LogP contribution is -2.31. The number of ether oxygens (including phenoxy) is 2. The fourth-order valence-corrected chi connectivity index (χ4v) is 1.15. The van der Waals surface area contributed by atoms with Gasteiger partial charge in [-0.1, -0.05) is 12.2 Å². The van der Waals surface area contributed by atoms with E-state index in [9.17, 15) is 0 Å². The summed E-state index contributed by atoms with van der Waals surface area (Å²) in [7, 11) is 0. The van der Waals surface area contributed by atoms with Gasteiger partial charge in [-0.25, -0.2) is 0 Å². The van der Waals surface area contributed by atoms with Crippen molar-refractivity contribution >= 4 is 0 Å². The molecule has 0 saturated carbocycles. The first kappa shape index (κ1) is 6.53. The maximum Gasteiger partial charge on any atom is 0.157 e. The topological polar surface area (TPSA) is 18.5 Å². The molecule has 2 rings (SSSR count). The molecular formula is C9H9O2. The highest BCUT2D eigenvalue weighted by atomic mass is 16.6. The van der Waals surface area contributed by atoms with Crippen molar-refractivity contribution < 1.29 is 9.47 Å². The van der Waals surface area contributed by atoms with Gasteiger partial charge >= 0.3 is 0 Å². The average molecular weight is 149 g/mol. The zero-order chi connectivity index (χ0) is 7.68. The molecule has 2 atom stereocenters. The molecule has 2 aliphatic rings. The average Bonchev–Trinajstić information content (AvgIpc) is 2.04. The lowest BCUT2D eigenvalue weighted by atomic mass is 10.1. The molecule has 11 heavy (non-hydrogen) atoms. The summed E-state index contributed by atoms with van der Waals surface area (Å²) in [5, 5.41) is 0. The number of allylic oxidation sites excluding steroid dienone is 3. The maximum atomic E-state index is 5.38. The van der Waals surface area contributed by atoms with Gasteiger partial charge in [0.2, 0.25) is 0 Å². The second-order valence-corrected chi connectivity index (χ2v) is 2.54. The maximum absolute atomic E-state index is 5.38. The van der Waals surface area contributed by atoms with Gasteiger partial charge in [-0.2, -0.15) is 0 Å². The highest BCUT2D eigenvalue weighted by Gasteiger charge is 2.24. The van der Waals surface area contributed by atoms with Crippen LogP contribution in [0.25, 0.3) is 0 Å². The molecule has 0 saturated heterocycles. The van der Waals surface area contributed by atoms with E-state index in [4.69, 9.17) is 9.47 Å². The zero-order valence-electron chi connectivity index (χ0n) is 6.07. The predicted molar refractivity (Wildman–Crippen MR) is 41.5 cm³/mol. The van der Waals surface area contributed by atoms with Crippen LogP contribution in [-0.4, -0.2) is 12.2 Å². The summed E-state index contributed by atoms with van der Waals surface area (Å²) in [5.74, 6) is 0.589. The summed E-state index contributed by atoms with van der Waals surface area (Å²) in [6, 6.07) is 0. The van der Waals surface area contributed by atoms with Crippen LogP contribution < -0.4 is 0 Å². The lowest BCUT2D eigenvalue weighted by Gasteiger charge is -2.28. The van der Waals surface area contributed by atoms with Crippen LogP contribution in [0.3, 0.4) is 0 Å². The number of hydrogen-bond acceptors (Lipinski definition) is 2. The number of rotatable bonds is 0. The minimum absolute atomic E-state index is 0.0116. The molecule has 0 spiro atoms. The summed E-state index contributed by atoms with van der Waals surface area (Å²) < 4.78 is 10.7. The molecule has 1 aliphatic heterocycles. The van der Waals surface area contributed by atoms with Crippen LogP contribution in [0.15, 0.2) is 36.3 Å². The Morgan fingerprint density at radius 1 is 1.18 bits per heavy atom. The van der Waals surface area contributed by atoms with Crippen LogP contribution in [0.2, 0.25) is 0 Å². The van der Waals surface area contributed by atoms with Gasteiger partial charge in [-0.05, 0) is 12.2 Å². The van der Waals surface area contributed by atoms with E-state index in [2.05, 4.69) is 6.92 Å². The van der Waals surface area contributed by atoms with E-state index in [1.54, 1.807) is 6.26 Å². The van der Waals surface area contributed by atoms with Crippen LogP contribution in [0.4, 0.5) is 0 Å². The predicted octanol–water partition coefficient (Wildman–Crippen LogP) is 1.57. The lowest BCUT2D eigenvalue weighted by molar-refractivity contribution is 0.00502. The number of fused-ring (bicyclic) bond motifs is 1. The molecule has 2 heteroatoms. The fourth-order valence-electron chi connectivity index (χ4n) is 1.15. The Morgan fingerprint density at radius 2 is 1.91 bits per heavy atom. The molecule has 1 heterocycles. The molecule has 2 unspecified atom stereocenters. The van der Waals surface area contributed by atoms with Crippen molar-refractivity contribution in [1.29, 1.82) is 0 Å². The Kier molecular flexibility index (Phi) is 1.46. The minimum atomic E-state index is 0.0116. The third-order valence-corrected chi connectivity index (χ3v) is 1.68. The molecule has 0 amide bonds. The van der Waals surface area contributed by atoms with Gasteiger partial charge in [-0.15, -0.1) is 0 Å². The van der Waals surface area contributed by atoms with Crippen molar-refractivity contribution in [2.45, 2.75) is 12.2 Å². The first-order valence-corrected chi connectivity index (χ1v) is 3.55. The molecule has 0 fully saturated rings. The van der Waals surface area contributed by atoms with Crippen LogP contribution in [0.5, 0.6) is 0 Å². The van der Waals surface area contributed by atoms with Gasteiger partial charge < -0.3 is 9.47 Å². The second kappa shape index (κ2) is 2.46. The third-order valence-electron chi connectivity index (χ3n) is 1.68. The standard InChI is InChI=1S/C9H9O2/c1-7-6-10-8-4-2-3-5-9(8)11-7/h2-6,8-9H,1H2. The molecule has 0 bridgehead atoms. The Morgan fingerprint density at radius 3 is 2.73 bits per heavy atom. The SMILES string of the molecule is [CH2]C1=COC2C=CC=CC2O1. The monoisotopic (exact) mass is 149 g/mol. The smallest absolute Gasteiger partial charge is 0.157 e. The van der Waals surface area contributed by atoms with E-state index < -0.39 is 0 Å². The van der Waals surface area contributed by atoms with E-state index in [1.807, 2.05) is 24.3 Å². The van der Waals surface area contributed by atoms with Crippen LogP contribution >= 0.6 is 0 Å². The Hall–Kier alpha value is -1.18. The molecular weight excluding hydrogens is 140 g/mol. The van der Waals surface area contributed by atoms with E-state index >= 15 is 0 Å². The van der Waals surface area contributed by atoms with Crippen LogP contribution in [0, 0.1) is 6.92 Å². The van der Waals surface area contributed by atoms with Crippen molar-refractivity contribution in [2.75, 3.05) is 0 Å². The molecule has 0 aromatic rings. The van der Waals surface area contributed by atoms with E-state index in [-0.39, 0.29) is 12.2 Å². The molecule has 1 aliphatic carbocycles. The molecule has 0 aromatic heterocycles. The van der Waals surface area contributed by atoms with Crippen molar-refractivity contribution in [3.05, 3.63) is 43.2 Å². The Balaban J connectivity index is 2.18. The van der Waals surface area contributed by atoms with Gasteiger partial charge in [0.1, 0.15) is 12.0 Å². The van der Waals surface area contributed by atoms with Gasteiger partial charge in [-0.3, -0.25) is 0 Å². The summed E-state index contributed by atoms with van der Waals surface area (Å²) >= 11 is 0. The van der Waals surface area contributed by atoms with Gasteiger partial charge in [0.05, 0.1) is 0 Å². The minimum Gasteiger partial charge on any atom is -0.486 e. The summed E-state index contributed by atoms with van der Waals surface area (Å²) in [4.78, 5) is 0. The Bertz CT molecular complexity index is 238. The van der Waals surface area contributed by atoms with Crippen molar-refractivity contribution in [3.63, 3.8) is 0 Å². The van der Waals surface area contributed by atoms with E-state index in [0.717, 1.165) is 0 Å². The van der Waals surface area contributed by atoms with Gasteiger partial charge in [0, 0.05) is 6.92 Å². The summed E-state index contributed by atoms with van der Waals surface area (Å²) in [6.45, 7) is 3.64. The zero-order valence-corrected chi connectivity index (χ0v) is 6.07. The Labute approximate surface area is 65.8 Å². The van der Waals surface area contributed by atoms with Crippen LogP contribution in [0.1, 0.15) is 0 Å². The fraction of sp³-hybridized carbons (Fsp3) is 0.222. The van der Waals surface area contributed by atoms with Gasteiger partial charge in [0.15, 0.2) is 12.2 Å².